The molecule has 0 aliphatic rings. The molecule has 0 fully saturated rings. The van der Waals surface area contributed by atoms with Gasteiger partial charge < -0.3 is 48.0 Å². The molecule has 0 saturated heterocycles. The van der Waals surface area contributed by atoms with Crippen LogP contribution in [-0.4, -0.2) is 17.4 Å². The summed E-state index contributed by atoms with van der Waals surface area (Å²) in [6.07, 6.45) is 0. The van der Waals surface area contributed by atoms with Crippen molar-refractivity contribution in [1.82, 2.24) is 0 Å². The van der Waals surface area contributed by atoms with Gasteiger partial charge >= 0.3 is 17.4 Å². The Hall–Kier alpha value is 1.21. The molecule has 1 aromatic carbocycles. The zero-order chi connectivity index (χ0) is 4.24. The Bertz CT molecular complexity index is 83.0. The van der Waals surface area contributed by atoms with Crippen molar-refractivity contribution in [3.8, 4) is 0 Å². The zero-order valence-corrected chi connectivity index (χ0v) is 10.2. The SMILES string of the molecule is [Al+3].[I-].[I-].[c-]1ccccc1. The minimum Gasteiger partial charge on any atom is -1.00 e. The van der Waals surface area contributed by atoms with Crippen molar-refractivity contribution in [1.29, 1.82) is 0 Å². The van der Waals surface area contributed by atoms with E-state index in [0.717, 1.165) is 0 Å². The number of halogens is 2. The van der Waals surface area contributed by atoms with E-state index in [1.54, 1.807) is 0 Å². The molecule has 0 bridgehead atoms. The van der Waals surface area contributed by atoms with Crippen LogP contribution in [0.5, 0.6) is 0 Å². The predicted molar refractivity (Wildman–Crippen MR) is 31.0 cm³/mol. The van der Waals surface area contributed by atoms with Crippen LogP contribution in [0, 0.1) is 6.07 Å². The fourth-order valence-electron chi connectivity index (χ4n) is 0.342. The van der Waals surface area contributed by atoms with Crippen molar-refractivity contribution in [2.75, 3.05) is 0 Å². The molecule has 1 aromatic rings. The summed E-state index contributed by atoms with van der Waals surface area (Å²) >= 11 is 0. The van der Waals surface area contributed by atoms with Crippen LogP contribution in [0.3, 0.4) is 0 Å². The molecule has 0 radical (unpaired) electrons. The topological polar surface area (TPSA) is 0 Å². The van der Waals surface area contributed by atoms with E-state index in [2.05, 4.69) is 6.07 Å². The molecule has 9 heavy (non-hydrogen) atoms. The summed E-state index contributed by atoms with van der Waals surface area (Å²) in [6.45, 7) is 0. The van der Waals surface area contributed by atoms with E-state index in [9.17, 15) is 0 Å². The normalized spacial score (nSPS) is 5.33. The maximum Gasteiger partial charge on any atom is 3.00 e. The third kappa shape index (κ3) is 9.21. The summed E-state index contributed by atoms with van der Waals surface area (Å²) in [7, 11) is 0. The molecule has 3 heteroatoms. The monoisotopic (exact) mass is 358 g/mol. The first-order chi connectivity index (χ1) is 3.00. The molecular weight excluding hydrogens is 353 g/mol. The van der Waals surface area contributed by atoms with E-state index < -0.39 is 0 Å². The van der Waals surface area contributed by atoms with Crippen molar-refractivity contribution in [3.63, 3.8) is 0 Å². The van der Waals surface area contributed by atoms with Gasteiger partial charge in [-0.3, -0.25) is 0 Å². The summed E-state index contributed by atoms with van der Waals surface area (Å²) in [4.78, 5) is 0. The maximum absolute atomic E-state index is 2.89. The first-order valence-corrected chi connectivity index (χ1v) is 1.91. The molecule has 0 atom stereocenters. The summed E-state index contributed by atoms with van der Waals surface area (Å²) < 4.78 is 0. The smallest absolute Gasteiger partial charge is 1.00 e. The first-order valence-electron chi connectivity index (χ1n) is 1.91. The zero-order valence-electron chi connectivity index (χ0n) is 4.72. The molecule has 0 saturated carbocycles. The fourth-order valence-corrected chi connectivity index (χ4v) is 0.342. The summed E-state index contributed by atoms with van der Waals surface area (Å²) in [6, 6.07) is 12.5. The molecule has 1 rings (SSSR count). The molecule has 0 nitrogen and oxygen atoms in total. The Morgan fingerprint density at radius 1 is 0.778 bits per heavy atom. The second-order valence-electron chi connectivity index (χ2n) is 1.08. The van der Waals surface area contributed by atoms with Crippen LogP contribution in [-0.2, 0) is 0 Å². The van der Waals surface area contributed by atoms with Crippen LogP contribution in [0.4, 0.5) is 0 Å². The summed E-state index contributed by atoms with van der Waals surface area (Å²) in [5, 5.41) is 0. The van der Waals surface area contributed by atoms with Crippen molar-refractivity contribution in [2.24, 2.45) is 0 Å². The van der Waals surface area contributed by atoms with Gasteiger partial charge in [0.05, 0.1) is 0 Å². The molecule has 0 aromatic heterocycles. The first kappa shape index (κ1) is 16.7. The van der Waals surface area contributed by atoms with E-state index in [-0.39, 0.29) is 65.3 Å². The van der Waals surface area contributed by atoms with Gasteiger partial charge in [-0.1, -0.05) is 0 Å². The second kappa shape index (κ2) is 11.9. The Balaban J connectivity index is -0.000000120. The number of hydrogen-bond donors (Lipinski definition) is 0. The van der Waals surface area contributed by atoms with Crippen molar-refractivity contribution >= 4 is 17.4 Å². The second-order valence-corrected chi connectivity index (χ2v) is 1.08. The van der Waals surface area contributed by atoms with Gasteiger partial charge in [-0.05, 0) is 0 Å². The maximum atomic E-state index is 2.89. The van der Waals surface area contributed by atoms with Crippen LogP contribution < -0.4 is 48.0 Å². The van der Waals surface area contributed by atoms with E-state index in [1.807, 2.05) is 30.3 Å². The third-order valence-corrected chi connectivity index (χ3v) is 0.607. The largest absolute Gasteiger partial charge is 3.00 e. The molecular formula is C6H5AlI2. The van der Waals surface area contributed by atoms with Crippen molar-refractivity contribution in [3.05, 3.63) is 36.4 Å². The van der Waals surface area contributed by atoms with E-state index in [0.29, 0.717) is 0 Å². The van der Waals surface area contributed by atoms with Gasteiger partial charge in [0.15, 0.2) is 0 Å². The van der Waals surface area contributed by atoms with Gasteiger partial charge in [0, 0.05) is 0 Å². The Labute approximate surface area is 101 Å². The fraction of sp³-hybridized carbons (Fsp3) is 0. The molecule has 0 aliphatic carbocycles. The van der Waals surface area contributed by atoms with Gasteiger partial charge in [-0.2, -0.15) is 36.4 Å². The Kier molecular flexibility index (Phi) is 22.1. The summed E-state index contributed by atoms with van der Waals surface area (Å²) in [5.74, 6) is 0. The average Bonchev–Trinajstić information content (AvgIpc) is 1.72. The van der Waals surface area contributed by atoms with Gasteiger partial charge in [0.1, 0.15) is 0 Å². The van der Waals surface area contributed by atoms with Crippen molar-refractivity contribution < 1.29 is 48.0 Å². The number of benzene rings is 1. The van der Waals surface area contributed by atoms with Gasteiger partial charge in [0.25, 0.3) is 0 Å². The van der Waals surface area contributed by atoms with Crippen LogP contribution in [0.1, 0.15) is 0 Å². The molecule has 0 heterocycles. The average molecular weight is 358 g/mol. The minimum atomic E-state index is 0. The molecule has 46 valence electrons. The van der Waals surface area contributed by atoms with E-state index in [4.69, 9.17) is 0 Å². The van der Waals surface area contributed by atoms with Crippen LogP contribution >= 0.6 is 0 Å². The van der Waals surface area contributed by atoms with Gasteiger partial charge in [0.2, 0.25) is 0 Å². The Morgan fingerprint density at radius 2 is 1.22 bits per heavy atom. The molecule has 0 amide bonds. The van der Waals surface area contributed by atoms with Crippen LogP contribution in [0.25, 0.3) is 0 Å². The van der Waals surface area contributed by atoms with Gasteiger partial charge in [-0.25, -0.2) is 0 Å². The minimum absolute atomic E-state index is 0. The van der Waals surface area contributed by atoms with E-state index in [1.165, 1.54) is 0 Å². The predicted octanol–water partition coefficient (Wildman–Crippen LogP) is -4.89. The summed E-state index contributed by atoms with van der Waals surface area (Å²) in [5.41, 5.74) is 0. The third-order valence-electron chi connectivity index (χ3n) is 0.607. The van der Waals surface area contributed by atoms with Crippen LogP contribution in [0.2, 0.25) is 0 Å². The number of rotatable bonds is 0. The molecule has 0 aliphatic heterocycles. The van der Waals surface area contributed by atoms with E-state index >= 15 is 0 Å². The standard InChI is InChI=1S/C6H5.Al.2HI/c1-2-4-6-5-3-1;;;/h1-5H;;2*1H/q-1;+3;;/p-2. The van der Waals surface area contributed by atoms with Gasteiger partial charge in [-0.15, -0.1) is 0 Å². The van der Waals surface area contributed by atoms with Crippen LogP contribution in [0.15, 0.2) is 30.3 Å². The molecule has 0 spiro atoms. The molecule has 0 N–H and O–H groups in total. The Morgan fingerprint density at radius 3 is 1.33 bits per heavy atom. The quantitative estimate of drug-likeness (QED) is 0.248. The van der Waals surface area contributed by atoms with Crippen molar-refractivity contribution in [2.45, 2.75) is 0 Å². The molecule has 0 unspecified atom stereocenters. The number of hydrogen-bond acceptors (Lipinski definition) is 0.